The molecule has 0 saturated carbocycles. The van der Waals surface area contributed by atoms with Gasteiger partial charge >= 0.3 is 12.0 Å². The summed E-state index contributed by atoms with van der Waals surface area (Å²) in [7, 11) is 0. The molecule has 1 aromatic rings. The Hall–Kier alpha value is -2.38. The predicted octanol–water partition coefficient (Wildman–Crippen LogP) is 3.72. The molecule has 3 N–H and O–H groups in total. The largest absolute Gasteiger partial charge is 0.481 e. The van der Waals surface area contributed by atoms with E-state index < -0.39 is 29.2 Å². The Labute approximate surface area is 151 Å². The molecule has 2 amide bonds. The lowest BCUT2D eigenvalue weighted by atomic mass is 9.99. The summed E-state index contributed by atoms with van der Waals surface area (Å²) in [5.74, 6) is -2.95. The first-order chi connectivity index (χ1) is 12.2. The highest BCUT2D eigenvalue weighted by atomic mass is 19.2. The van der Waals surface area contributed by atoms with Crippen molar-refractivity contribution < 1.29 is 23.5 Å². The third-order valence-corrected chi connectivity index (χ3v) is 4.40. The highest BCUT2D eigenvalue weighted by molar-refractivity contribution is 5.93. The number of hydrogen-bond acceptors (Lipinski definition) is 3. The van der Waals surface area contributed by atoms with Crippen molar-refractivity contribution in [2.24, 2.45) is 0 Å². The van der Waals surface area contributed by atoms with E-state index in [9.17, 15) is 18.4 Å². The third kappa shape index (κ3) is 5.57. The highest BCUT2D eigenvalue weighted by Gasteiger charge is 2.24. The molecule has 26 heavy (non-hydrogen) atoms. The van der Waals surface area contributed by atoms with Gasteiger partial charge in [-0.15, -0.1) is 0 Å². The minimum absolute atomic E-state index is 0.0858. The van der Waals surface area contributed by atoms with Crippen LogP contribution in [-0.2, 0) is 4.79 Å². The van der Waals surface area contributed by atoms with Gasteiger partial charge in [-0.05, 0) is 39.5 Å². The Morgan fingerprint density at radius 2 is 1.77 bits per heavy atom. The van der Waals surface area contributed by atoms with Crippen LogP contribution in [0.1, 0.15) is 46.0 Å². The van der Waals surface area contributed by atoms with Gasteiger partial charge in [-0.25, -0.2) is 13.6 Å². The number of piperidine rings is 1. The smallest absolute Gasteiger partial charge is 0.319 e. The molecule has 1 aliphatic rings. The van der Waals surface area contributed by atoms with Gasteiger partial charge in [0, 0.05) is 37.2 Å². The van der Waals surface area contributed by atoms with E-state index >= 15 is 0 Å². The lowest BCUT2D eigenvalue weighted by molar-refractivity contribution is -0.137. The third-order valence-electron chi connectivity index (χ3n) is 4.40. The lowest BCUT2D eigenvalue weighted by Gasteiger charge is -2.31. The van der Waals surface area contributed by atoms with E-state index in [2.05, 4.69) is 10.6 Å². The minimum atomic E-state index is -1.04. The molecule has 8 heteroatoms. The Morgan fingerprint density at radius 1 is 1.15 bits per heavy atom. The molecule has 0 unspecified atom stereocenters. The number of halogens is 2. The van der Waals surface area contributed by atoms with E-state index in [1.807, 2.05) is 4.90 Å². The summed E-state index contributed by atoms with van der Waals surface area (Å²) in [5, 5.41) is 14.0. The van der Waals surface area contributed by atoms with Crippen LogP contribution in [0.25, 0.3) is 0 Å². The maximum atomic E-state index is 13.7. The van der Waals surface area contributed by atoms with Crippen LogP contribution >= 0.6 is 0 Å². The number of nitrogens with zero attached hydrogens (tertiary/aromatic N) is 1. The zero-order valence-corrected chi connectivity index (χ0v) is 15.1. The Bertz CT molecular complexity index is 674. The van der Waals surface area contributed by atoms with E-state index in [0.717, 1.165) is 31.4 Å². The number of anilines is 2. The number of rotatable bonds is 6. The second kappa shape index (κ2) is 8.33. The van der Waals surface area contributed by atoms with Crippen LogP contribution in [0.5, 0.6) is 0 Å². The van der Waals surface area contributed by atoms with Crippen LogP contribution in [0.4, 0.5) is 25.0 Å². The second-order valence-corrected chi connectivity index (χ2v) is 7.19. The number of hydrogen-bond donors (Lipinski definition) is 3. The normalized spacial score (nSPS) is 14.8. The first-order valence-electron chi connectivity index (χ1n) is 8.73. The summed E-state index contributed by atoms with van der Waals surface area (Å²) in [6, 6.07) is 1.49. The molecule has 1 aromatic carbocycles. The standard InChI is InChI=1S/C18H25F2N3O3/c1-18(2,7-6-16(24)25)22-17(26)21-14-10-12(19)13(20)11-15(14)23-8-4-3-5-9-23/h10-11H,3-9H2,1-2H3,(H,24,25)(H2,21,22,26). The molecule has 2 rings (SSSR count). The fourth-order valence-corrected chi connectivity index (χ4v) is 2.98. The van der Waals surface area contributed by atoms with Gasteiger partial charge in [0.25, 0.3) is 0 Å². The van der Waals surface area contributed by atoms with Crippen LogP contribution < -0.4 is 15.5 Å². The average Bonchev–Trinajstić information content (AvgIpc) is 2.56. The van der Waals surface area contributed by atoms with Crippen molar-refractivity contribution in [3.63, 3.8) is 0 Å². The molecule has 0 aromatic heterocycles. The Kier molecular flexibility index (Phi) is 6.39. The molecule has 6 nitrogen and oxygen atoms in total. The number of amides is 2. The minimum Gasteiger partial charge on any atom is -0.481 e. The first kappa shape index (κ1) is 19.9. The van der Waals surface area contributed by atoms with Gasteiger partial charge in [-0.3, -0.25) is 4.79 Å². The summed E-state index contributed by atoms with van der Waals surface area (Å²) in [6.07, 6.45) is 3.14. The number of urea groups is 1. The molecule has 0 aliphatic carbocycles. The molecule has 1 aliphatic heterocycles. The molecule has 144 valence electrons. The van der Waals surface area contributed by atoms with Crippen LogP contribution in [0, 0.1) is 11.6 Å². The first-order valence-corrected chi connectivity index (χ1v) is 8.73. The topological polar surface area (TPSA) is 81.7 Å². The zero-order chi connectivity index (χ0) is 19.3. The van der Waals surface area contributed by atoms with Crippen molar-refractivity contribution in [1.29, 1.82) is 0 Å². The van der Waals surface area contributed by atoms with Crippen molar-refractivity contribution in [3.05, 3.63) is 23.8 Å². The molecular formula is C18H25F2N3O3. The lowest BCUT2D eigenvalue weighted by Crippen LogP contribution is -2.46. The molecule has 0 bridgehead atoms. The van der Waals surface area contributed by atoms with Crippen LogP contribution in [0.3, 0.4) is 0 Å². The average molecular weight is 369 g/mol. The van der Waals surface area contributed by atoms with Gasteiger partial charge in [0.1, 0.15) is 0 Å². The number of carboxylic acid groups (broad SMARTS) is 1. The number of carbonyl (C=O) groups is 2. The fraction of sp³-hybridized carbons (Fsp3) is 0.556. The summed E-state index contributed by atoms with van der Waals surface area (Å²) < 4.78 is 27.4. The number of carbonyl (C=O) groups excluding carboxylic acids is 1. The number of nitrogens with one attached hydrogen (secondary N) is 2. The quantitative estimate of drug-likeness (QED) is 0.714. The molecular weight excluding hydrogens is 344 g/mol. The van der Waals surface area contributed by atoms with Crippen molar-refractivity contribution >= 4 is 23.4 Å². The zero-order valence-electron chi connectivity index (χ0n) is 15.1. The van der Waals surface area contributed by atoms with Gasteiger partial charge in [-0.2, -0.15) is 0 Å². The number of benzene rings is 1. The summed E-state index contributed by atoms with van der Waals surface area (Å²) in [5.41, 5.74) is -0.119. The van der Waals surface area contributed by atoms with E-state index in [1.165, 1.54) is 0 Å². The summed E-state index contributed by atoms with van der Waals surface area (Å²) in [6.45, 7) is 4.83. The molecule has 1 saturated heterocycles. The molecule has 1 heterocycles. The summed E-state index contributed by atoms with van der Waals surface area (Å²) in [4.78, 5) is 24.9. The van der Waals surface area contributed by atoms with E-state index in [-0.39, 0.29) is 18.5 Å². The van der Waals surface area contributed by atoms with Gasteiger partial charge in [0.15, 0.2) is 11.6 Å². The number of aliphatic carboxylic acids is 1. The fourth-order valence-electron chi connectivity index (χ4n) is 2.98. The van der Waals surface area contributed by atoms with Crippen molar-refractivity contribution in [1.82, 2.24) is 5.32 Å². The monoisotopic (exact) mass is 369 g/mol. The Morgan fingerprint density at radius 3 is 2.38 bits per heavy atom. The van der Waals surface area contributed by atoms with Crippen molar-refractivity contribution in [2.75, 3.05) is 23.3 Å². The maximum absolute atomic E-state index is 13.7. The highest BCUT2D eigenvalue weighted by Crippen LogP contribution is 2.31. The van der Waals surface area contributed by atoms with Crippen LogP contribution in [0.15, 0.2) is 12.1 Å². The SMILES string of the molecule is CC(C)(CCC(=O)O)NC(=O)Nc1cc(F)c(F)cc1N1CCCCC1. The van der Waals surface area contributed by atoms with E-state index in [0.29, 0.717) is 18.8 Å². The van der Waals surface area contributed by atoms with Gasteiger partial charge in [0.05, 0.1) is 11.4 Å². The van der Waals surface area contributed by atoms with Gasteiger partial charge in [-0.1, -0.05) is 0 Å². The second-order valence-electron chi connectivity index (χ2n) is 7.19. The molecule has 0 spiro atoms. The van der Waals surface area contributed by atoms with Crippen molar-refractivity contribution in [2.45, 2.75) is 51.5 Å². The predicted molar refractivity (Wildman–Crippen MR) is 95.5 cm³/mol. The van der Waals surface area contributed by atoms with Gasteiger partial charge in [0.2, 0.25) is 0 Å². The Balaban J connectivity index is 2.13. The van der Waals surface area contributed by atoms with E-state index in [4.69, 9.17) is 5.11 Å². The maximum Gasteiger partial charge on any atom is 0.319 e. The number of carboxylic acids is 1. The van der Waals surface area contributed by atoms with Crippen molar-refractivity contribution in [3.8, 4) is 0 Å². The summed E-state index contributed by atoms with van der Waals surface area (Å²) >= 11 is 0. The molecule has 1 fully saturated rings. The van der Waals surface area contributed by atoms with E-state index in [1.54, 1.807) is 13.8 Å². The molecule has 0 radical (unpaired) electrons. The van der Waals surface area contributed by atoms with Gasteiger partial charge < -0.3 is 20.6 Å². The van der Waals surface area contributed by atoms with Crippen LogP contribution in [-0.4, -0.2) is 35.7 Å². The molecule has 0 atom stereocenters. The van der Waals surface area contributed by atoms with Crippen LogP contribution in [0.2, 0.25) is 0 Å².